The normalized spacial score (nSPS) is 11.5. The first-order valence-electron chi connectivity index (χ1n) is 2.20. The highest BCUT2D eigenvalue weighted by Gasteiger charge is 2.00. The molecule has 5 nitrogen and oxygen atoms in total. The first-order valence-corrected chi connectivity index (χ1v) is 3.66. The second kappa shape index (κ2) is 3.78. The highest BCUT2D eigenvalue weighted by molar-refractivity contribution is 7.43. The Morgan fingerprint density at radius 1 is 1.60 bits per heavy atom. The van der Waals surface area contributed by atoms with Gasteiger partial charge in [-0.15, -0.1) is 0 Å². The Bertz CT molecular complexity index is 162. The van der Waals surface area contributed by atoms with Crippen molar-refractivity contribution in [2.45, 2.75) is 0 Å². The summed E-state index contributed by atoms with van der Waals surface area (Å²) in [5.41, 5.74) is 0. The predicted octanol–water partition coefficient (Wildman–Crippen LogP) is -1.63. The molecule has 0 aliphatic heterocycles. The first-order chi connectivity index (χ1) is 4.45. The van der Waals surface area contributed by atoms with Crippen molar-refractivity contribution in [2.75, 3.05) is 13.3 Å². The van der Waals surface area contributed by atoms with Crippen LogP contribution in [0.4, 0.5) is 4.39 Å². The second-order valence-electron chi connectivity index (χ2n) is 1.39. The fourth-order valence-electron chi connectivity index (χ4n) is 0.190. The van der Waals surface area contributed by atoms with Gasteiger partial charge in [0.05, 0.1) is 7.82 Å². The minimum atomic E-state index is -5.12. The molecule has 60 valence electrons. The van der Waals surface area contributed by atoms with Gasteiger partial charge >= 0.3 is 0 Å². The van der Waals surface area contributed by atoms with Gasteiger partial charge in [0.15, 0.2) is 12.5 Å². The summed E-state index contributed by atoms with van der Waals surface area (Å²) < 4.78 is 24.3. The predicted molar refractivity (Wildman–Crippen MR) is 24.5 cm³/mol. The van der Waals surface area contributed by atoms with Crippen LogP contribution in [0.15, 0.2) is 0 Å². The number of hydrogen-bond acceptors (Lipinski definition) is 5. The van der Waals surface area contributed by atoms with E-state index < -0.39 is 26.9 Å². The molecule has 0 amide bonds. The molecule has 0 aliphatic carbocycles. The van der Waals surface area contributed by atoms with Gasteiger partial charge in [-0.3, -0.25) is 4.79 Å². The van der Waals surface area contributed by atoms with Crippen LogP contribution >= 0.6 is 7.82 Å². The van der Waals surface area contributed by atoms with Crippen molar-refractivity contribution in [2.24, 2.45) is 0 Å². The fourth-order valence-corrected chi connectivity index (χ4v) is 0.492. The molecule has 10 heavy (non-hydrogen) atoms. The van der Waals surface area contributed by atoms with Gasteiger partial charge in [0.2, 0.25) is 0 Å². The van der Waals surface area contributed by atoms with Crippen LogP contribution in [-0.2, 0) is 13.9 Å². The van der Waals surface area contributed by atoms with E-state index in [0.29, 0.717) is 0 Å². The van der Waals surface area contributed by atoms with Gasteiger partial charge in [-0.2, -0.15) is 0 Å². The van der Waals surface area contributed by atoms with Gasteiger partial charge in [-0.05, 0) is 0 Å². The van der Waals surface area contributed by atoms with Gasteiger partial charge in [-0.25, -0.2) is 4.39 Å². The van der Waals surface area contributed by atoms with Crippen LogP contribution in [0.5, 0.6) is 0 Å². The molecule has 0 aromatic heterocycles. The largest absolute Gasteiger partial charge is 0.790 e. The third kappa shape index (κ3) is 5.84. The molecule has 0 radical (unpaired) electrons. The Hall–Kier alpha value is -0.290. The molecule has 0 rings (SSSR count). The van der Waals surface area contributed by atoms with Crippen LogP contribution in [0.25, 0.3) is 0 Å². The molecular formula is C3H4FO5P-2. The van der Waals surface area contributed by atoms with E-state index in [0.717, 1.165) is 0 Å². The zero-order valence-electron chi connectivity index (χ0n) is 4.78. The van der Waals surface area contributed by atoms with Gasteiger partial charge in [-0.1, -0.05) is 0 Å². The highest BCUT2D eigenvalue weighted by atomic mass is 31.2. The average molecular weight is 170 g/mol. The summed E-state index contributed by atoms with van der Waals surface area (Å²) in [6.45, 7) is -2.35. The van der Waals surface area contributed by atoms with Crippen molar-refractivity contribution in [3.05, 3.63) is 0 Å². The number of phosphoric acid groups is 1. The number of halogens is 1. The smallest absolute Gasteiger partial charge is 0.189 e. The van der Waals surface area contributed by atoms with Gasteiger partial charge in [0.1, 0.15) is 6.61 Å². The molecule has 0 aromatic carbocycles. The highest BCUT2D eigenvalue weighted by Crippen LogP contribution is 2.23. The Morgan fingerprint density at radius 2 is 2.10 bits per heavy atom. The van der Waals surface area contributed by atoms with Crippen LogP contribution in [0.1, 0.15) is 0 Å². The second-order valence-corrected chi connectivity index (χ2v) is 2.55. The number of Topliss-reactive ketones (excluding diaryl/α,β-unsaturated/α-hetero) is 1. The van der Waals surface area contributed by atoms with E-state index in [1.54, 1.807) is 0 Å². The van der Waals surface area contributed by atoms with Crippen LogP contribution in [0.3, 0.4) is 0 Å². The Balaban J connectivity index is 3.56. The van der Waals surface area contributed by atoms with Crippen LogP contribution in [-0.4, -0.2) is 19.1 Å². The van der Waals surface area contributed by atoms with E-state index in [2.05, 4.69) is 4.52 Å². The molecule has 0 saturated carbocycles. The fraction of sp³-hybridized carbons (Fsp3) is 0.667. The minimum Gasteiger partial charge on any atom is -0.790 e. The van der Waals surface area contributed by atoms with Gasteiger partial charge in [0, 0.05) is 0 Å². The summed E-state index contributed by atoms with van der Waals surface area (Å²) >= 11 is 0. The van der Waals surface area contributed by atoms with Gasteiger partial charge in [0.25, 0.3) is 0 Å². The molecule has 0 atom stereocenters. The van der Waals surface area contributed by atoms with Crippen LogP contribution in [0, 0.1) is 0 Å². The maximum atomic E-state index is 11.2. The van der Waals surface area contributed by atoms with Crippen molar-refractivity contribution < 1.29 is 28.1 Å². The van der Waals surface area contributed by atoms with E-state index in [1.807, 2.05) is 0 Å². The molecule has 0 unspecified atom stereocenters. The number of carbonyl (C=O) groups excluding carboxylic acids is 1. The molecular weight excluding hydrogens is 166 g/mol. The van der Waals surface area contributed by atoms with Crippen molar-refractivity contribution in [1.82, 2.24) is 0 Å². The maximum Gasteiger partial charge on any atom is 0.189 e. The van der Waals surface area contributed by atoms with E-state index in [1.165, 1.54) is 0 Å². The summed E-state index contributed by atoms with van der Waals surface area (Å²) in [5.74, 6) is -1.08. The number of ketones is 1. The maximum absolute atomic E-state index is 11.2. The molecule has 0 fully saturated rings. The van der Waals surface area contributed by atoms with Crippen LogP contribution < -0.4 is 9.79 Å². The topological polar surface area (TPSA) is 89.5 Å². The van der Waals surface area contributed by atoms with Crippen molar-refractivity contribution in [1.29, 1.82) is 0 Å². The lowest BCUT2D eigenvalue weighted by Gasteiger charge is -2.27. The van der Waals surface area contributed by atoms with E-state index in [-0.39, 0.29) is 0 Å². The zero-order chi connectivity index (χ0) is 8.20. The molecule has 0 heterocycles. The Labute approximate surface area is 56.0 Å². The zero-order valence-corrected chi connectivity index (χ0v) is 5.68. The lowest BCUT2D eigenvalue weighted by atomic mass is 10.5. The van der Waals surface area contributed by atoms with Crippen molar-refractivity contribution in [3.8, 4) is 0 Å². The monoisotopic (exact) mass is 170 g/mol. The average Bonchev–Trinajstić information content (AvgIpc) is 1.81. The summed E-state index contributed by atoms with van der Waals surface area (Å²) in [4.78, 5) is 29.2. The lowest BCUT2D eigenvalue weighted by Crippen LogP contribution is -2.20. The van der Waals surface area contributed by atoms with E-state index in [9.17, 15) is 23.5 Å². The number of hydrogen-bond donors (Lipinski definition) is 0. The first kappa shape index (κ1) is 9.71. The summed E-state index contributed by atoms with van der Waals surface area (Å²) in [6, 6.07) is 0. The standard InChI is InChI=1S/C3H6FO5P/c4-1-3(5)2-9-10(6,7)8/h1-2H2,(H2,6,7,8)/p-2. The number of carbonyl (C=O) groups is 1. The van der Waals surface area contributed by atoms with E-state index >= 15 is 0 Å². The summed E-state index contributed by atoms with van der Waals surface area (Å²) in [6.07, 6.45) is 0. The number of phosphoric ester groups is 1. The summed E-state index contributed by atoms with van der Waals surface area (Å²) in [7, 11) is -5.12. The molecule has 0 N–H and O–H groups in total. The van der Waals surface area contributed by atoms with Crippen LogP contribution in [0.2, 0.25) is 0 Å². The number of alkyl halides is 1. The third-order valence-corrected chi connectivity index (χ3v) is 0.978. The number of rotatable bonds is 4. The van der Waals surface area contributed by atoms with Crippen molar-refractivity contribution in [3.63, 3.8) is 0 Å². The Kier molecular flexibility index (Phi) is 3.67. The molecule has 0 saturated heterocycles. The third-order valence-electron chi connectivity index (χ3n) is 0.533. The van der Waals surface area contributed by atoms with Gasteiger partial charge < -0.3 is 18.9 Å². The quantitative estimate of drug-likeness (QED) is 0.472. The van der Waals surface area contributed by atoms with E-state index in [4.69, 9.17) is 0 Å². The Morgan fingerprint density at radius 3 is 2.40 bits per heavy atom. The lowest BCUT2D eigenvalue weighted by molar-refractivity contribution is -0.341. The molecule has 0 aliphatic rings. The minimum absolute atomic E-state index is 1.01. The molecule has 7 heteroatoms. The molecule has 0 bridgehead atoms. The summed E-state index contributed by atoms with van der Waals surface area (Å²) in [5, 5.41) is 0. The van der Waals surface area contributed by atoms with Crippen molar-refractivity contribution >= 4 is 13.6 Å². The molecule has 0 aromatic rings. The molecule has 0 spiro atoms. The SMILES string of the molecule is O=C(CF)COP(=O)([O-])[O-].